The average Bonchev–Trinajstić information content (AvgIpc) is 2.71. The molecule has 0 aliphatic carbocycles. The molecule has 0 aliphatic heterocycles. The van der Waals surface area contributed by atoms with Gasteiger partial charge in [-0.2, -0.15) is 0 Å². The van der Waals surface area contributed by atoms with Gasteiger partial charge in [0.15, 0.2) is 4.77 Å². The Kier molecular flexibility index (Phi) is 3.76. The summed E-state index contributed by atoms with van der Waals surface area (Å²) in [6.45, 7) is 2.74. The average molecular weight is 248 g/mol. The molecule has 0 aliphatic rings. The van der Waals surface area contributed by atoms with E-state index in [1.165, 1.54) is 5.69 Å². The van der Waals surface area contributed by atoms with Gasteiger partial charge in [0.05, 0.1) is 6.61 Å². The van der Waals surface area contributed by atoms with Crippen molar-refractivity contribution < 1.29 is 4.74 Å². The predicted octanol–water partition coefficient (Wildman–Crippen LogP) is 3.24. The van der Waals surface area contributed by atoms with Gasteiger partial charge in [-0.3, -0.25) is 4.57 Å². The first kappa shape index (κ1) is 12.1. The molecule has 0 fully saturated rings. The van der Waals surface area contributed by atoms with E-state index in [1.807, 2.05) is 12.3 Å². The van der Waals surface area contributed by atoms with E-state index in [4.69, 9.17) is 17.0 Å². The highest BCUT2D eigenvalue weighted by molar-refractivity contribution is 7.71. The van der Waals surface area contributed by atoms with Crippen molar-refractivity contribution in [2.75, 3.05) is 7.11 Å². The third-order valence-corrected chi connectivity index (χ3v) is 2.99. The maximum Gasteiger partial charge on any atom is 0.182 e. The lowest BCUT2D eigenvalue weighted by Crippen LogP contribution is -2.00. The van der Waals surface area contributed by atoms with Gasteiger partial charge in [-0.05, 0) is 36.3 Å². The van der Waals surface area contributed by atoms with E-state index < -0.39 is 0 Å². The van der Waals surface area contributed by atoms with Gasteiger partial charge in [0, 0.05) is 24.7 Å². The van der Waals surface area contributed by atoms with Crippen LogP contribution in [0.5, 0.6) is 0 Å². The lowest BCUT2D eigenvalue weighted by atomic mass is 10.2. The van der Waals surface area contributed by atoms with Crippen molar-refractivity contribution in [1.29, 1.82) is 0 Å². The van der Waals surface area contributed by atoms with Crippen molar-refractivity contribution in [3.63, 3.8) is 0 Å². The molecule has 0 amide bonds. The fraction of sp³-hybridized carbons (Fsp3) is 0.308. The summed E-state index contributed by atoms with van der Waals surface area (Å²) < 4.78 is 7.94. The van der Waals surface area contributed by atoms with Crippen molar-refractivity contribution >= 4 is 12.2 Å². The van der Waals surface area contributed by atoms with Gasteiger partial charge in [0.1, 0.15) is 0 Å². The van der Waals surface area contributed by atoms with E-state index in [-0.39, 0.29) is 0 Å². The number of rotatable bonds is 4. The Hall–Kier alpha value is -1.39. The smallest absolute Gasteiger partial charge is 0.182 e. The van der Waals surface area contributed by atoms with Crippen LogP contribution in [0.3, 0.4) is 0 Å². The molecule has 0 bridgehead atoms. The van der Waals surface area contributed by atoms with Crippen molar-refractivity contribution in [2.24, 2.45) is 0 Å². The standard InChI is InChI=1S/C13H16N2OS/c1-3-11-8-14-13(17)15(11)12-6-4-5-10(7-12)9-16-2/h4-8H,3,9H2,1-2H3,(H,14,17). The van der Waals surface area contributed by atoms with Crippen molar-refractivity contribution in [3.8, 4) is 5.69 Å². The number of imidazole rings is 1. The minimum absolute atomic E-state index is 0.618. The Balaban J connectivity index is 2.48. The number of aromatic nitrogens is 2. The number of ether oxygens (including phenoxy) is 1. The Morgan fingerprint density at radius 3 is 2.94 bits per heavy atom. The van der Waals surface area contributed by atoms with Crippen LogP contribution >= 0.6 is 12.2 Å². The number of nitrogens with one attached hydrogen (secondary N) is 1. The highest BCUT2D eigenvalue weighted by Gasteiger charge is 2.05. The SMILES string of the molecule is CCc1c[nH]c(=S)n1-c1cccc(COC)c1. The number of hydrogen-bond donors (Lipinski definition) is 1. The Bertz CT molecular complexity index is 557. The van der Waals surface area contributed by atoms with E-state index in [0.29, 0.717) is 6.61 Å². The number of methoxy groups -OCH3 is 1. The molecule has 0 unspecified atom stereocenters. The lowest BCUT2D eigenvalue weighted by Gasteiger charge is -2.08. The summed E-state index contributed by atoms with van der Waals surface area (Å²) in [5.74, 6) is 0. The van der Waals surface area contributed by atoms with E-state index >= 15 is 0 Å². The minimum Gasteiger partial charge on any atom is -0.380 e. The summed E-state index contributed by atoms with van der Waals surface area (Å²) >= 11 is 5.31. The zero-order valence-electron chi connectivity index (χ0n) is 10.1. The number of aromatic amines is 1. The number of benzene rings is 1. The lowest BCUT2D eigenvalue weighted by molar-refractivity contribution is 0.185. The van der Waals surface area contributed by atoms with Crippen LogP contribution in [-0.2, 0) is 17.8 Å². The van der Waals surface area contributed by atoms with E-state index in [0.717, 1.165) is 22.4 Å². The molecule has 90 valence electrons. The molecular formula is C13H16N2OS. The van der Waals surface area contributed by atoms with Gasteiger partial charge in [-0.1, -0.05) is 19.1 Å². The summed E-state index contributed by atoms with van der Waals surface area (Å²) in [6, 6.07) is 8.24. The monoisotopic (exact) mass is 248 g/mol. The predicted molar refractivity (Wildman–Crippen MR) is 71.0 cm³/mol. The van der Waals surface area contributed by atoms with Gasteiger partial charge in [0.25, 0.3) is 0 Å². The molecule has 3 nitrogen and oxygen atoms in total. The second-order valence-corrected chi connectivity index (χ2v) is 4.26. The van der Waals surface area contributed by atoms with Gasteiger partial charge in [-0.25, -0.2) is 0 Å². The van der Waals surface area contributed by atoms with Crippen LogP contribution in [-0.4, -0.2) is 16.7 Å². The van der Waals surface area contributed by atoms with Crippen LogP contribution in [0.1, 0.15) is 18.2 Å². The number of hydrogen-bond acceptors (Lipinski definition) is 2. The van der Waals surface area contributed by atoms with E-state index in [9.17, 15) is 0 Å². The normalized spacial score (nSPS) is 10.7. The first-order chi connectivity index (χ1) is 8.26. The second kappa shape index (κ2) is 5.29. The number of aryl methyl sites for hydroxylation is 1. The summed E-state index contributed by atoms with van der Waals surface area (Å²) in [4.78, 5) is 3.08. The fourth-order valence-electron chi connectivity index (χ4n) is 1.90. The van der Waals surface area contributed by atoms with Crippen LogP contribution in [0, 0.1) is 4.77 Å². The molecular weight excluding hydrogens is 232 g/mol. The van der Waals surface area contributed by atoms with Crippen LogP contribution in [0.4, 0.5) is 0 Å². The quantitative estimate of drug-likeness (QED) is 0.842. The molecule has 1 aromatic carbocycles. The number of H-pyrrole nitrogens is 1. The third-order valence-electron chi connectivity index (χ3n) is 2.69. The van der Waals surface area contributed by atoms with Crippen molar-refractivity contribution in [2.45, 2.75) is 20.0 Å². The van der Waals surface area contributed by atoms with E-state index in [1.54, 1.807) is 7.11 Å². The molecule has 1 N–H and O–H groups in total. The summed E-state index contributed by atoms with van der Waals surface area (Å²) in [7, 11) is 1.70. The van der Waals surface area contributed by atoms with Gasteiger partial charge < -0.3 is 9.72 Å². The molecule has 2 aromatic rings. The highest BCUT2D eigenvalue weighted by Crippen LogP contribution is 2.15. The highest BCUT2D eigenvalue weighted by atomic mass is 32.1. The first-order valence-corrected chi connectivity index (χ1v) is 6.04. The molecule has 17 heavy (non-hydrogen) atoms. The first-order valence-electron chi connectivity index (χ1n) is 5.63. The molecule has 0 radical (unpaired) electrons. The summed E-state index contributed by atoms with van der Waals surface area (Å²) in [6.07, 6.45) is 2.91. The van der Waals surface area contributed by atoms with Gasteiger partial charge >= 0.3 is 0 Å². The maximum atomic E-state index is 5.31. The summed E-state index contributed by atoms with van der Waals surface area (Å²) in [5.41, 5.74) is 3.42. The molecule has 0 spiro atoms. The Morgan fingerprint density at radius 1 is 1.41 bits per heavy atom. The minimum atomic E-state index is 0.618. The van der Waals surface area contributed by atoms with Crippen molar-refractivity contribution in [1.82, 2.24) is 9.55 Å². The largest absolute Gasteiger partial charge is 0.380 e. The van der Waals surface area contributed by atoms with E-state index in [2.05, 4.69) is 34.7 Å². The topological polar surface area (TPSA) is 29.9 Å². The molecule has 2 rings (SSSR count). The molecule has 0 atom stereocenters. The van der Waals surface area contributed by atoms with Crippen LogP contribution in [0.25, 0.3) is 5.69 Å². The zero-order chi connectivity index (χ0) is 12.3. The van der Waals surface area contributed by atoms with Crippen LogP contribution < -0.4 is 0 Å². The van der Waals surface area contributed by atoms with Gasteiger partial charge in [0.2, 0.25) is 0 Å². The summed E-state index contributed by atoms with van der Waals surface area (Å²) in [5, 5.41) is 0. The van der Waals surface area contributed by atoms with Crippen molar-refractivity contribution in [3.05, 3.63) is 46.5 Å². The number of nitrogens with zero attached hydrogens (tertiary/aromatic N) is 1. The van der Waals surface area contributed by atoms with Crippen LogP contribution in [0.2, 0.25) is 0 Å². The zero-order valence-corrected chi connectivity index (χ0v) is 10.9. The Labute approximate surface area is 106 Å². The molecule has 1 heterocycles. The molecule has 4 heteroatoms. The second-order valence-electron chi connectivity index (χ2n) is 3.88. The fourth-order valence-corrected chi connectivity index (χ4v) is 2.18. The van der Waals surface area contributed by atoms with Crippen LogP contribution in [0.15, 0.2) is 30.5 Å². The third kappa shape index (κ3) is 2.48. The molecule has 0 saturated carbocycles. The van der Waals surface area contributed by atoms with Gasteiger partial charge in [-0.15, -0.1) is 0 Å². The molecule has 1 aromatic heterocycles. The Morgan fingerprint density at radius 2 is 2.24 bits per heavy atom. The molecule has 0 saturated heterocycles. The maximum absolute atomic E-state index is 5.31.